The van der Waals surface area contributed by atoms with Crippen molar-refractivity contribution >= 4 is 33.6 Å². The summed E-state index contributed by atoms with van der Waals surface area (Å²) < 4.78 is 2.05. The van der Waals surface area contributed by atoms with Gasteiger partial charge in [-0.25, -0.2) is 9.50 Å². The lowest BCUT2D eigenvalue weighted by Crippen LogP contribution is -2.41. The van der Waals surface area contributed by atoms with Crippen molar-refractivity contribution in [2.75, 3.05) is 6.54 Å². The number of hydrogen-bond acceptors (Lipinski definition) is 5. The van der Waals surface area contributed by atoms with Gasteiger partial charge in [0.05, 0.1) is 4.47 Å². The van der Waals surface area contributed by atoms with Gasteiger partial charge in [0.1, 0.15) is 6.54 Å². The first-order valence-electron chi connectivity index (χ1n) is 5.79. The van der Waals surface area contributed by atoms with Gasteiger partial charge in [0.25, 0.3) is 11.7 Å². The predicted molar refractivity (Wildman–Crippen MR) is 72.3 cm³/mol. The first kappa shape index (κ1) is 14.4. The van der Waals surface area contributed by atoms with E-state index in [2.05, 4.69) is 31.0 Å². The summed E-state index contributed by atoms with van der Waals surface area (Å²) in [6.45, 7) is 3.06. The van der Waals surface area contributed by atoms with Gasteiger partial charge in [-0.15, -0.1) is 5.10 Å². The zero-order valence-corrected chi connectivity index (χ0v) is 12.4. The summed E-state index contributed by atoms with van der Waals surface area (Å²) in [4.78, 5) is 32.3. The lowest BCUT2D eigenvalue weighted by atomic mass is 10.3. The number of halogens is 1. The van der Waals surface area contributed by atoms with E-state index in [-0.39, 0.29) is 17.6 Å². The van der Waals surface area contributed by atoms with Crippen LogP contribution in [0.2, 0.25) is 0 Å². The van der Waals surface area contributed by atoms with Crippen molar-refractivity contribution in [2.24, 2.45) is 0 Å². The minimum Gasteiger partial charge on any atom is -0.480 e. The van der Waals surface area contributed by atoms with Crippen molar-refractivity contribution in [1.82, 2.24) is 24.5 Å². The highest BCUT2D eigenvalue weighted by atomic mass is 79.9. The van der Waals surface area contributed by atoms with E-state index in [0.29, 0.717) is 4.47 Å². The molecule has 0 radical (unpaired) electrons. The van der Waals surface area contributed by atoms with Gasteiger partial charge < -0.3 is 10.0 Å². The van der Waals surface area contributed by atoms with E-state index in [1.165, 1.54) is 15.6 Å². The van der Waals surface area contributed by atoms with Gasteiger partial charge >= 0.3 is 5.97 Å². The molecule has 0 saturated heterocycles. The van der Waals surface area contributed by atoms with E-state index in [1.54, 1.807) is 20.0 Å². The van der Waals surface area contributed by atoms with Crippen molar-refractivity contribution in [3.05, 3.63) is 22.7 Å². The van der Waals surface area contributed by atoms with Gasteiger partial charge in [-0.05, 0) is 29.8 Å². The molecule has 0 saturated carbocycles. The number of aromatic nitrogens is 4. The molecule has 9 heteroatoms. The average molecular weight is 342 g/mol. The SMILES string of the molecule is CC(C)N(CC(=O)O)C(=O)c1nc2ncc(Br)cn2n1. The zero-order chi connectivity index (χ0) is 14.9. The molecule has 1 amide bonds. The Hall–Kier alpha value is -2.03. The fourth-order valence-electron chi connectivity index (χ4n) is 1.61. The number of rotatable bonds is 4. The quantitative estimate of drug-likeness (QED) is 0.883. The fourth-order valence-corrected chi connectivity index (χ4v) is 1.91. The molecule has 2 aromatic heterocycles. The predicted octanol–water partition coefficient (Wildman–Crippen LogP) is 0.822. The van der Waals surface area contributed by atoms with Crippen LogP contribution in [0.1, 0.15) is 24.5 Å². The third kappa shape index (κ3) is 2.93. The smallest absolute Gasteiger partial charge is 0.323 e. The van der Waals surface area contributed by atoms with Crippen LogP contribution in [0, 0.1) is 0 Å². The number of nitrogens with zero attached hydrogens (tertiary/aromatic N) is 5. The van der Waals surface area contributed by atoms with Crippen molar-refractivity contribution < 1.29 is 14.7 Å². The molecular weight excluding hydrogens is 330 g/mol. The molecule has 106 valence electrons. The molecule has 1 N–H and O–H groups in total. The molecule has 0 bridgehead atoms. The van der Waals surface area contributed by atoms with Crippen LogP contribution in [0.3, 0.4) is 0 Å². The number of aliphatic carboxylic acids is 1. The number of amides is 1. The molecule has 0 aliphatic carbocycles. The van der Waals surface area contributed by atoms with Crippen molar-refractivity contribution in [1.29, 1.82) is 0 Å². The molecule has 0 aromatic carbocycles. The van der Waals surface area contributed by atoms with Crippen molar-refractivity contribution in [3.8, 4) is 0 Å². The molecular formula is C11H12BrN5O3. The molecule has 2 heterocycles. The van der Waals surface area contributed by atoms with E-state index in [0.717, 1.165) is 0 Å². The maximum absolute atomic E-state index is 12.3. The molecule has 2 aromatic rings. The largest absolute Gasteiger partial charge is 0.480 e. The van der Waals surface area contributed by atoms with Gasteiger partial charge in [-0.2, -0.15) is 4.98 Å². The first-order valence-corrected chi connectivity index (χ1v) is 6.58. The second-order valence-corrected chi connectivity index (χ2v) is 5.29. The highest BCUT2D eigenvalue weighted by Crippen LogP contribution is 2.10. The van der Waals surface area contributed by atoms with Crippen molar-refractivity contribution in [3.63, 3.8) is 0 Å². The fraction of sp³-hybridized carbons (Fsp3) is 0.364. The number of carbonyl (C=O) groups is 2. The number of carbonyl (C=O) groups excluding carboxylic acids is 1. The van der Waals surface area contributed by atoms with E-state index in [4.69, 9.17) is 5.11 Å². The molecule has 0 spiro atoms. The number of fused-ring (bicyclic) bond motifs is 1. The highest BCUT2D eigenvalue weighted by molar-refractivity contribution is 9.10. The molecule has 20 heavy (non-hydrogen) atoms. The summed E-state index contributed by atoms with van der Waals surface area (Å²) in [7, 11) is 0. The third-order valence-electron chi connectivity index (χ3n) is 2.54. The third-order valence-corrected chi connectivity index (χ3v) is 2.95. The minimum atomic E-state index is -1.09. The van der Waals surface area contributed by atoms with Gasteiger partial charge in [-0.1, -0.05) is 0 Å². The normalized spacial score (nSPS) is 11.0. The summed E-state index contributed by atoms with van der Waals surface area (Å²) in [5.74, 6) is -1.43. The van der Waals surface area contributed by atoms with Crippen LogP contribution in [0.25, 0.3) is 5.78 Å². The van der Waals surface area contributed by atoms with Crippen LogP contribution in [0.15, 0.2) is 16.9 Å². The summed E-state index contributed by atoms with van der Waals surface area (Å²) in [6.07, 6.45) is 3.15. The number of hydrogen-bond donors (Lipinski definition) is 1. The maximum atomic E-state index is 12.3. The van der Waals surface area contributed by atoms with Crippen LogP contribution in [-0.4, -0.2) is 54.1 Å². The summed E-state index contributed by atoms with van der Waals surface area (Å²) in [5.41, 5.74) is 0. The summed E-state index contributed by atoms with van der Waals surface area (Å²) in [5, 5.41) is 12.9. The molecule has 0 unspecified atom stereocenters. The van der Waals surface area contributed by atoms with Gasteiger partial charge in [-0.3, -0.25) is 9.59 Å². The Morgan fingerprint density at radius 1 is 1.50 bits per heavy atom. The monoisotopic (exact) mass is 341 g/mol. The Bertz CT molecular complexity index is 669. The summed E-state index contributed by atoms with van der Waals surface area (Å²) in [6, 6.07) is -0.273. The minimum absolute atomic E-state index is 0.0782. The number of carboxylic acids is 1. The summed E-state index contributed by atoms with van der Waals surface area (Å²) >= 11 is 3.24. The molecule has 8 nitrogen and oxygen atoms in total. The van der Waals surface area contributed by atoms with Crippen LogP contribution in [-0.2, 0) is 4.79 Å². The lowest BCUT2D eigenvalue weighted by Gasteiger charge is -2.23. The second-order valence-electron chi connectivity index (χ2n) is 4.37. The van der Waals surface area contributed by atoms with Crippen LogP contribution in [0.5, 0.6) is 0 Å². The Balaban J connectivity index is 2.35. The Labute approximate surface area is 122 Å². The van der Waals surface area contributed by atoms with Gasteiger partial charge in [0.2, 0.25) is 5.82 Å². The zero-order valence-electron chi connectivity index (χ0n) is 10.8. The molecule has 2 rings (SSSR count). The standard InChI is InChI=1S/C11H12BrN5O3/c1-6(2)16(5-8(18)19)10(20)9-14-11-13-3-7(12)4-17(11)15-9/h3-4,6H,5H2,1-2H3,(H,18,19). The Kier molecular flexibility index (Phi) is 3.98. The van der Waals surface area contributed by atoms with Crippen molar-refractivity contribution in [2.45, 2.75) is 19.9 Å². The first-order chi connectivity index (χ1) is 9.38. The molecule has 0 atom stereocenters. The van der Waals surface area contributed by atoms with Gasteiger partial charge in [0, 0.05) is 18.4 Å². The van der Waals surface area contributed by atoms with Crippen LogP contribution in [0.4, 0.5) is 0 Å². The molecule has 0 fully saturated rings. The molecule has 0 aliphatic heterocycles. The van der Waals surface area contributed by atoms with Crippen LogP contribution >= 0.6 is 15.9 Å². The van der Waals surface area contributed by atoms with E-state index >= 15 is 0 Å². The van der Waals surface area contributed by atoms with E-state index in [9.17, 15) is 9.59 Å². The highest BCUT2D eigenvalue weighted by Gasteiger charge is 2.25. The van der Waals surface area contributed by atoms with E-state index in [1.807, 2.05) is 0 Å². The maximum Gasteiger partial charge on any atom is 0.323 e. The Morgan fingerprint density at radius 2 is 2.20 bits per heavy atom. The van der Waals surface area contributed by atoms with Gasteiger partial charge in [0.15, 0.2) is 0 Å². The molecule has 0 aliphatic rings. The van der Waals surface area contributed by atoms with Crippen LogP contribution < -0.4 is 0 Å². The lowest BCUT2D eigenvalue weighted by molar-refractivity contribution is -0.138. The topological polar surface area (TPSA) is 101 Å². The average Bonchev–Trinajstić information content (AvgIpc) is 2.77. The van der Waals surface area contributed by atoms with E-state index < -0.39 is 18.4 Å². The Morgan fingerprint density at radius 3 is 2.80 bits per heavy atom. The number of carboxylic acid groups (broad SMARTS) is 1. The second kappa shape index (κ2) is 5.53.